The molecule has 2 heterocycles. The maximum absolute atomic E-state index is 11.5. The van der Waals surface area contributed by atoms with Crippen molar-refractivity contribution in [1.82, 2.24) is 14.9 Å². The molecular weight excluding hydrogens is 244 g/mol. The highest BCUT2D eigenvalue weighted by Crippen LogP contribution is 2.19. The summed E-state index contributed by atoms with van der Waals surface area (Å²) in [6.07, 6.45) is 0.845. The Morgan fingerprint density at radius 2 is 2.37 bits per heavy atom. The van der Waals surface area contributed by atoms with Crippen LogP contribution in [0.2, 0.25) is 0 Å². The zero-order valence-electron chi connectivity index (χ0n) is 11.6. The van der Waals surface area contributed by atoms with Gasteiger partial charge < -0.3 is 10.1 Å². The van der Waals surface area contributed by atoms with E-state index in [0.717, 1.165) is 36.8 Å². The molecule has 0 aromatic carbocycles. The lowest BCUT2D eigenvalue weighted by Gasteiger charge is -2.15. The predicted octanol–water partition coefficient (Wildman–Crippen LogP) is 0.822. The third-order valence-corrected chi connectivity index (χ3v) is 3.33. The number of rotatable bonds is 4. The molecule has 0 saturated carbocycles. The normalized spacial score (nSPS) is 19.4. The second-order valence-electron chi connectivity index (χ2n) is 4.80. The molecule has 0 aliphatic carbocycles. The van der Waals surface area contributed by atoms with E-state index in [2.05, 4.69) is 20.2 Å². The zero-order chi connectivity index (χ0) is 13.8. The number of ether oxygens (including phenoxy) is 1. The van der Waals surface area contributed by atoms with E-state index in [1.165, 1.54) is 7.11 Å². The number of aromatic nitrogens is 2. The van der Waals surface area contributed by atoms with Gasteiger partial charge in [-0.15, -0.1) is 0 Å². The van der Waals surface area contributed by atoms with Crippen LogP contribution >= 0.6 is 0 Å². The minimum absolute atomic E-state index is 0.0152. The van der Waals surface area contributed by atoms with Crippen LogP contribution in [-0.4, -0.2) is 48.1 Å². The van der Waals surface area contributed by atoms with E-state index in [4.69, 9.17) is 4.74 Å². The monoisotopic (exact) mass is 264 g/mol. The SMILES string of the molecule is CNc1cc(C)nc(CN2CCC(C(=O)OC)C2)n1. The molecular formula is C13H20N4O2. The van der Waals surface area contributed by atoms with Crippen LogP contribution in [0.5, 0.6) is 0 Å². The predicted molar refractivity (Wildman–Crippen MR) is 71.7 cm³/mol. The third kappa shape index (κ3) is 3.41. The number of aryl methyl sites for hydroxylation is 1. The number of carbonyl (C=O) groups excluding carboxylic acids is 1. The first-order valence-electron chi connectivity index (χ1n) is 6.45. The van der Waals surface area contributed by atoms with Crippen molar-refractivity contribution in [1.29, 1.82) is 0 Å². The maximum Gasteiger partial charge on any atom is 0.310 e. The molecule has 2 rings (SSSR count). The Morgan fingerprint density at radius 3 is 3.05 bits per heavy atom. The summed E-state index contributed by atoms with van der Waals surface area (Å²) in [6.45, 7) is 4.22. The summed E-state index contributed by atoms with van der Waals surface area (Å²) < 4.78 is 4.78. The Hall–Kier alpha value is -1.69. The molecule has 1 atom stereocenters. The third-order valence-electron chi connectivity index (χ3n) is 3.33. The fourth-order valence-corrected chi connectivity index (χ4v) is 2.36. The molecule has 0 bridgehead atoms. The minimum atomic E-state index is -0.122. The topological polar surface area (TPSA) is 67.4 Å². The summed E-state index contributed by atoms with van der Waals surface area (Å²) in [7, 11) is 3.28. The molecule has 19 heavy (non-hydrogen) atoms. The number of methoxy groups -OCH3 is 1. The average molecular weight is 264 g/mol. The van der Waals surface area contributed by atoms with Crippen molar-refractivity contribution in [2.75, 3.05) is 32.6 Å². The molecule has 0 spiro atoms. The fraction of sp³-hybridized carbons (Fsp3) is 0.615. The molecule has 6 nitrogen and oxygen atoms in total. The van der Waals surface area contributed by atoms with Gasteiger partial charge in [-0.1, -0.05) is 0 Å². The van der Waals surface area contributed by atoms with Gasteiger partial charge in [0.1, 0.15) is 11.6 Å². The van der Waals surface area contributed by atoms with Crippen LogP contribution in [0, 0.1) is 12.8 Å². The fourth-order valence-electron chi connectivity index (χ4n) is 2.36. The smallest absolute Gasteiger partial charge is 0.310 e. The van der Waals surface area contributed by atoms with E-state index in [1.54, 1.807) is 0 Å². The van der Waals surface area contributed by atoms with Crippen LogP contribution in [0.4, 0.5) is 5.82 Å². The quantitative estimate of drug-likeness (QED) is 0.812. The van der Waals surface area contributed by atoms with Crippen molar-refractivity contribution < 1.29 is 9.53 Å². The van der Waals surface area contributed by atoms with Crippen LogP contribution in [0.1, 0.15) is 17.9 Å². The Bertz CT molecular complexity index is 464. The van der Waals surface area contributed by atoms with Gasteiger partial charge in [-0.2, -0.15) is 0 Å². The molecule has 1 unspecified atom stereocenters. The lowest BCUT2D eigenvalue weighted by Crippen LogP contribution is -2.24. The molecule has 1 aliphatic heterocycles. The van der Waals surface area contributed by atoms with Gasteiger partial charge in [0.05, 0.1) is 19.6 Å². The van der Waals surface area contributed by atoms with Gasteiger partial charge in [0.15, 0.2) is 0 Å². The van der Waals surface area contributed by atoms with Crippen LogP contribution in [-0.2, 0) is 16.1 Å². The highest BCUT2D eigenvalue weighted by Gasteiger charge is 2.29. The Balaban J connectivity index is 1.99. The summed E-state index contributed by atoms with van der Waals surface area (Å²) in [6, 6.07) is 1.91. The van der Waals surface area contributed by atoms with Crippen molar-refractivity contribution in [3.8, 4) is 0 Å². The molecule has 1 aromatic heterocycles. The van der Waals surface area contributed by atoms with Gasteiger partial charge in [-0.25, -0.2) is 9.97 Å². The van der Waals surface area contributed by atoms with Gasteiger partial charge in [0.25, 0.3) is 0 Å². The number of carbonyl (C=O) groups is 1. The molecule has 0 radical (unpaired) electrons. The molecule has 1 N–H and O–H groups in total. The second-order valence-corrected chi connectivity index (χ2v) is 4.80. The van der Waals surface area contributed by atoms with E-state index >= 15 is 0 Å². The van der Waals surface area contributed by atoms with Gasteiger partial charge in [0.2, 0.25) is 0 Å². The van der Waals surface area contributed by atoms with Crippen molar-refractivity contribution >= 4 is 11.8 Å². The minimum Gasteiger partial charge on any atom is -0.469 e. The summed E-state index contributed by atoms with van der Waals surface area (Å²) in [5, 5.41) is 3.03. The van der Waals surface area contributed by atoms with Crippen molar-refractivity contribution in [2.24, 2.45) is 5.92 Å². The zero-order valence-corrected chi connectivity index (χ0v) is 11.6. The number of nitrogens with zero attached hydrogens (tertiary/aromatic N) is 3. The number of hydrogen-bond acceptors (Lipinski definition) is 6. The molecule has 1 aromatic rings. The van der Waals surface area contributed by atoms with E-state index in [-0.39, 0.29) is 11.9 Å². The van der Waals surface area contributed by atoms with Gasteiger partial charge in [0, 0.05) is 25.4 Å². The first kappa shape index (κ1) is 13.7. The first-order chi connectivity index (χ1) is 9.12. The standard InChI is InChI=1S/C13H20N4O2/c1-9-6-11(14-2)16-12(15-9)8-17-5-4-10(7-17)13(18)19-3/h6,10H,4-5,7-8H2,1-3H3,(H,14,15,16). The summed E-state index contributed by atoms with van der Waals surface area (Å²) >= 11 is 0. The average Bonchev–Trinajstić information content (AvgIpc) is 2.85. The van der Waals surface area contributed by atoms with Crippen molar-refractivity contribution in [3.05, 3.63) is 17.6 Å². The highest BCUT2D eigenvalue weighted by molar-refractivity contribution is 5.72. The number of nitrogens with one attached hydrogen (secondary N) is 1. The molecule has 1 aliphatic rings. The van der Waals surface area contributed by atoms with Gasteiger partial charge in [-0.05, 0) is 19.9 Å². The largest absolute Gasteiger partial charge is 0.469 e. The number of likely N-dealkylation sites (tertiary alicyclic amines) is 1. The van der Waals surface area contributed by atoms with Crippen molar-refractivity contribution in [2.45, 2.75) is 19.9 Å². The second kappa shape index (κ2) is 5.97. The highest BCUT2D eigenvalue weighted by atomic mass is 16.5. The summed E-state index contributed by atoms with van der Waals surface area (Å²) in [4.78, 5) is 22.5. The van der Waals surface area contributed by atoms with Crippen molar-refractivity contribution in [3.63, 3.8) is 0 Å². The van der Waals surface area contributed by atoms with Gasteiger partial charge in [-0.3, -0.25) is 9.69 Å². The molecule has 1 fully saturated rings. The van der Waals surface area contributed by atoms with Crippen LogP contribution in [0.25, 0.3) is 0 Å². The lowest BCUT2D eigenvalue weighted by atomic mass is 10.1. The van der Waals surface area contributed by atoms with Crippen LogP contribution in [0.3, 0.4) is 0 Å². The van der Waals surface area contributed by atoms with E-state index in [1.807, 2.05) is 20.0 Å². The van der Waals surface area contributed by atoms with E-state index < -0.39 is 0 Å². The first-order valence-corrected chi connectivity index (χ1v) is 6.45. The van der Waals surface area contributed by atoms with Gasteiger partial charge >= 0.3 is 5.97 Å². The van der Waals surface area contributed by atoms with Crippen LogP contribution in [0.15, 0.2) is 6.07 Å². The Kier molecular flexibility index (Phi) is 4.31. The molecule has 1 saturated heterocycles. The lowest BCUT2D eigenvalue weighted by molar-refractivity contribution is -0.144. The summed E-state index contributed by atoms with van der Waals surface area (Å²) in [5.74, 6) is 1.48. The molecule has 104 valence electrons. The molecule has 0 amide bonds. The number of esters is 1. The van der Waals surface area contributed by atoms with Crippen LogP contribution < -0.4 is 5.32 Å². The Morgan fingerprint density at radius 1 is 1.58 bits per heavy atom. The number of hydrogen-bond donors (Lipinski definition) is 1. The van der Waals surface area contributed by atoms with E-state index in [9.17, 15) is 4.79 Å². The Labute approximate surface area is 113 Å². The number of anilines is 1. The maximum atomic E-state index is 11.5. The van der Waals surface area contributed by atoms with E-state index in [0.29, 0.717) is 6.54 Å². The summed E-state index contributed by atoms with van der Waals surface area (Å²) in [5.41, 5.74) is 0.943. The molecule has 6 heteroatoms.